The van der Waals surface area contributed by atoms with E-state index in [2.05, 4.69) is 20.6 Å². The van der Waals surface area contributed by atoms with Gasteiger partial charge in [0.1, 0.15) is 11.4 Å². The van der Waals surface area contributed by atoms with Crippen LogP contribution in [0.4, 0.5) is 0 Å². The van der Waals surface area contributed by atoms with Crippen molar-refractivity contribution in [1.82, 2.24) is 20.6 Å². The molecule has 2 amide bonds. The number of pyridine rings is 2. The minimum atomic E-state index is -0.375. The molecule has 154 valence electrons. The summed E-state index contributed by atoms with van der Waals surface area (Å²) in [6.45, 7) is 3.98. The van der Waals surface area contributed by atoms with Crippen LogP contribution in [0.3, 0.4) is 0 Å². The minimum absolute atomic E-state index is 0.0183. The Morgan fingerprint density at radius 1 is 0.967 bits per heavy atom. The Kier molecular flexibility index (Phi) is 7.03. The number of carbonyl (C=O) groups is 2. The SMILES string of the molecule is CC(C)NC(=O)c1cccc(C(=O)NCc2ccc(-c3cc(Cl)cc(Cl)c3)nc2)n1. The molecule has 8 heteroatoms. The zero-order valence-corrected chi connectivity index (χ0v) is 18.0. The van der Waals surface area contributed by atoms with E-state index >= 15 is 0 Å². The lowest BCUT2D eigenvalue weighted by molar-refractivity contribution is 0.0936. The van der Waals surface area contributed by atoms with Crippen LogP contribution in [0.2, 0.25) is 10.0 Å². The summed E-state index contributed by atoms with van der Waals surface area (Å²) in [6.07, 6.45) is 1.67. The van der Waals surface area contributed by atoms with Gasteiger partial charge in [-0.25, -0.2) is 4.98 Å². The van der Waals surface area contributed by atoms with Crippen LogP contribution >= 0.6 is 23.2 Å². The molecule has 2 aromatic heterocycles. The predicted molar refractivity (Wildman–Crippen MR) is 118 cm³/mol. The third-order valence-electron chi connectivity index (χ3n) is 4.07. The van der Waals surface area contributed by atoms with Crippen molar-refractivity contribution in [2.75, 3.05) is 0 Å². The maximum absolute atomic E-state index is 12.4. The fourth-order valence-electron chi connectivity index (χ4n) is 2.70. The molecular formula is C22H20Cl2N4O2. The van der Waals surface area contributed by atoms with Gasteiger partial charge in [0, 0.05) is 34.4 Å². The summed E-state index contributed by atoms with van der Waals surface area (Å²) in [5.41, 5.74) is 2.71. The average molecular weight is 443 g/mol. The fourth-order valence-corrected chi connectivity index (χ4v) is 3.22. The van der Waals surface area contributed by atoms with Crippen molar-refractivity contribution in [3.8, 4) is 11.3 Å². The van der Waals surface area contributed by atoms with Crippen LogP contribution in [-0.4, -0.2) is 27.8 Å². The van der Waals surface area contributed by atoms with E-state index in [-0.39, 0.29) is 35.8 Å². The second-order valence-corrected chi connectivity index (χ2v) is 7.80. The molecule has 1 aromatic carbocycles. The molecule has 0 saturated carbocycles. The summed E-state index contributed by atoms with van der Waals surface area (Å²) in [7, 11) is 0. The first kappa shape index (κ1) is 21.7. The van der Waals surface area contributed by atoms with Gasteiger partial charge in [0.05, 0.1) is 5.69 Å². The highest BCUT2D eigenvalue weighted by atomic mass is 35.5. The summed E-state index contributed by atoms with van der Waals surface area (Å²) < 4.78 is 0. The van der Waals surface area contributed by atoms with E-state index in [4.69, 9.17) is 23.2 Å². The molecule has 0 saturated heterocycles. The first-order valence-corrected chi connectivity index (χ1v) is 10.0. The number of nitrogens with zero attached hydrogens (tertiary/aromatic N) is 2. The molecule has 2 N–H and O–H groups in total. The fraction of sp³-hybridized carbons (Fsp3) is 0.182. The normalized spacial score (nSPS) is 10.7. The highest BCUT2D eigenvalue weighted by molar-refractivity contribution is 6.35. The third-order valence-corrected chi connectivity index (χ3v) is 4.51. The Bertz CT molecular complexity index is 1050. The van der Waals surface area contributed by atoms with Crippen LogP contribution in [0.1, 0.15) is 40.4 Å². The molecule has 0 atom stereocenters. The number of amides is 2. The maximum Gasteiger partial charge on any atom is 0.270 e. The largest absolute Gasteiger partial charge is 0.349 e. The van der Waals surface area contributed by atoms with Crippen LogP contribution in [0.15, 0.2) is 54.7 Å². The summed E-state index contributed by atoms with van der Waals surface area (Å²) in [6, 6.07) is 13.7. The zero-order chi connectivity index (χ0) is 21.7. The van der Waals surface area contributed by atoms with Gasteiger partial charge in [0.15, 0.2) is 0 Å². The topological polar surface area (TPSA) is 84.0 Å². The molecule has 0 aliphatic rings. The maximum atomic E-state index is 12.4. The van der Waals surface area contributed by atoms with Gasteiger partial charge in [-0.15, -0.1) is 0 Å². The molecule has 30 heavy (non-hydrogen) atoms. The summed E-state index contributed by atoms with van der Waals surface area (Å²) in [4.78, 5) is 33.0. The standard InChI is InChI=1S/C22H20Cl2N4O2/c1-13(2)27-22(30)20-5-3-4-19(28-20)21(29)26-12-14-6-7-18(25-11-14)15-8-16(23)10-17(24)9-15/h3-11,13H,12H2,1-2H3,(H,26,29)(H,27,30). The van der Waals surface area contributed by atoms with E-state index in [1.54, 1.807) is 42.6 Å². The van der Waals surface area contributed by atoms with Crippen molar-refractivity contribution >= 4 is 35.0 Å². The Balaban J connectivity index is 1.64. The van der Waals surface area contributed by atoms with Gasteiger partial charge in [-0.05, 0) is 55.8 Å². The van der Waals surface area contributed by atoms with Crippen molar-refractivity contribution in [2.45, 2.75) is 26.4 Å². The Morgan fingerprint density at radius 3 is 2.23 bits per heavy atom. The second kappa shape index (κ2) is 9.69. The molecular weight excluding hydrogens is 423 g/mol. The zero-order valence-electron chi connectivity index (χ0n) is 16.4. The highest BCUT2D eigenvalue weighted by Crippen LogP contribution is 2.26. The Morgan fingerprint density at radius 2 is 1.63 bits per heavy atom. The number of nitrogens with one attached hydrogen (secondary N) is 2. The number of rotatable bonds is 6. The molecule has 2 heterocycles. The molecule has 0 spiro atoms. The molecule has 0 fully saturated rings. The van der Waals surface area contributed by atoms with Gasteiger partial charge >= 0.3 is 0 Å². The van der Waals surface area contributed by atoms with Crippen molar-refractivity contribution in [2.24, 2.45) is 0 Å². The van der Waals surface area contributed by atoms with Crippen molar-refractivity contribution < 1.29 is 9.59 Å². The third kappa shape index (κ3) is 5.78. The quantitative estimate of drug-likeness (QED) is 0.587. The van der Waals surface area contributed by atoms with E-state index < -0.39 is 0 Å². The van der Waals surface area contributed by atoms with E-state index in [1.807, 2.05) is 26.0 Å². The Hall–Kier alpha value is -2.96. The Labute approximate surface area is 184 Å². The first-order valence-electron chi connectivity index (χ1n) is 9.29. The minimum Gasteiger partial charge on any atom is -0.349 e. The molecule has 3 aromatic rings. The summed E-state index contributed by atoms with van der Waals surface area (Å²) >= 11 is 12.1. The number of halogens is 2. The lowest BCUT2D eigenvalue weighted by Gasteiger charge is -2.09. The number of carbonyl (C=O) groups excluding carboxylic acids is 2. The molecule has 3 rings (SSSR count). The average Bonchev–Trinajstić information content (AvgIpc) is 2.71. The van der Waals surface area contributed by atoms with Crippen LogP contribution in [0, 0.1) is 0 Å². The van der Waals surface area contributed by atoms with E-state index in [0.29, 0.717) is 10.0 Å². The van der Waals surface area contributed by atoms with Crippen molar-refractivity contribution in [1.29, 1.82) is 0 Å². The first-order chi connectivity index (χ1) is 14.3. The van der Waals surface area contributed by atoms with Gasteiger partial charge in [-0.3, -0.25) is 14.6 Å². The molecule has 6 nitrogen and oxygen atoms in total. The van der Waals surface area contributed by atoms with Gasteiger partial charge in [-0.1, -0.05) is 35.3 Å². The van der Waals surface area contributed by atoms with E-state index in [9.17, 15) is 9.59 Å². The molecule has 0 radical (unpaired) electrons. The summed E-state index contributed by atoms with van der Waals surface area (Å²) in [5, 5.41) is 6.60. The van der Waals surface area contributed by atoms with Crippen molar-refractivity contribution in [3.05, 3.63) is 81.7 Å². The number of hydrogen-bond donors (Lipinski definition) is 2. The second-order valence-electron chi connectivity index (χ2n) is 6.93. The number of hydrogen-bond acceptors (Lipinski definition) is 4. The lowest BCUT2D eigenvalue weighted by Crippen LogP contribution is -2.31. The molecule has 0 aliphatic carbocycles. The van der Waals surface area contributed by atoms with Gasteiger partial charge in [0.2, 0.25) is 0 Å². The van der Waals surface area contributed by atoms with Gasteiger partial charge < -0.3 is 10.6 Å². The van der Waals surface area contributed by atoms with Crippen molar-refractivity contribution in [3.63, 3.8) is 0 Å². The monoisotopic (exact) mass is 442 g/mol. The van der Waals surface area contributed by atoms with Crippen LogP contribution in [0.5, 0.6) is 0 Å². The van der Waals surface area contributed by atoms with Gasteiger partial charge in [-0.2, -0.15) is 0 Å². The summed E-state index contributed by atoms with van der Waals surface area (Å²) in [5.74, 6) is -0.694. The molecule has 0 bridgehead atoms. The van der Waals surface area contributed by atoms with Gasteiger partial charge in [0.25, 0.3) is 11.8 Å². The predicted octanol–water partition coefficient (Wildman–Crippen LogP) is 4.52. The van der Waals surface area contributed by atoms with Crippen LogP contribution in [0.25, 0.3) is 11.3 Å². The van der Waals surface area contributed by atoms with Crippen LogP contribution in [-0.2, 0) is 6.54 Å². The highest BCUT2D eigenvalue weighted by Gasteiger charge is 2.13. The lowest BCUT2D eigenvalue weighted by atomic mass is 10.1. The molecule has 0 unspecified atom stereocenters. The smallest absolute Gasteiger partial charge is 0.270 e. The van der Waals surface area contributed by atoms with E-state index in [0.717, 1.165) is 16.8 Å². The number of aromatic nitrogens is 2. The van der Waals surface area contributed by atoms with Crippen LogP contribution < -0.4 is 10.6 Å². The molecule has 0 aliphatic heterocycles. The number of benzene rings is 1. The van der Waals surface area contributed by atoms with E-state index in [1.165, 1.54) is 0 Å².